The summed E-state index contributed by atoms with van der Waals surface area (Å²) >= 11 is 0. The van der Waals surface area contributed by atoms with Gasteiger partial charge in [0.1, 0.15) is 0 Å². The van der Waals surface area contributed by atoms with Gasteiger partial charge in [0.05, 0.1) is 12.8 Å². The SMILES string of the molecule is Cc1ccc(C(=O)NCC(=O)NCCNC(=O)c2ccco2)cc1C. The van der Waals surface area contributed by atoms with Crippen molar-refractivity contribution in [2.75, 3.05) is 19.6 Å². The highest BCUT2D eigenvalue weighted by atomic mass is 16.3. The lowest BCUT2D eigenvalue weighted by Crippen LogP contribution is -2.40. The van der Waals surface area contributed by atoms with Crippen LogP contribution in [0, 0.1) is 13.8 Å². The van der Waals surface area contributed by atoms with Crippen LogP contribution in [0.4, 0.5) is 0 Å². The maximum Gasteiger partial charge on any atom is 0.287 e. The van der Waals surface area contributed by atoms with Crippen molar-refractivity contribution in [1.29, 1.82) is 0 Å². The summed E-state index contributed by atoms with van der Waals surface area (Å²) in [5, 5.41) is 7.78. The molecule has 0 saturated carbocycles. The number of hydrogen-bond donors (Lipinski definition) is 3. The molecule has 0 bridgehead atoms. The van der Waals surface area contributed by atoms with Crippen molar-refractivity contribution in [3.8, 4) is 0 Å². The number of amides is 3. The lowest BCUT2D eigenvalue weighted by atomic mass is 10.1. The van der Waals surface area contributed by atoms with Crippen molar-refractivity contribution >= 4 is 17.7 Å². The molecule has 7 heteroatoms. The van der Waals surface area contributed by atoms with Gasteiger partial charge in [0.15, 0.2) is 5.76 Å². The van der Waals surface area contributed by atoms with E-state index in [1.807, 2.05) is 19.9 Å². The minimum absolute atomic E-state index is 0.127. The molecular formula is C18H21N3O4. The fourth-order valence-electron chi connectivity index (χ4n) is 2.08. The van der Waals surface area contributed by atoms with Gasteiger partial charge >= 0.3 is 0 Å². The van der Waals surface area contributed by atoms with Gasteiger partial charge in [-0.3, -0.25) is 14.4 Å². The quantitative estimate of drug-likeness (QED) is 0.657. The Hall–Kier alpha value is -3.09. The first kappa shape index (κ1) is 18.3. The fourth-order valence-corrected chi connectivity index (χ4v) is 2.08. The molecule has 3 amide bonds. The van der Waals surface area contributed by atoms with Gasteiger partial charge in [-0.1, -0.05) is 6.07 Å². The van der Waals surface area contributed by atoms with Crippen LogP contribution in [0.15, 0.2) is 41.0 Å². The normalized spacial score (nSPS) is 10.2. The zero-order chi connectivity index (χ0) is 18.2. The van der Waals surface area contributed by atoms with Gasteiger partial charge in [0.2, 0.25) is 5.91 Å². The average molecular weight is 343 g/mol. The third-order valence-corrected chi connectivity index (χ3v) is 3.66. The van der Waals surface area contributed by atoms with Crippen molar-refractivity contribution in [2.24, 2.45) is 0 Å². The summed E-state index contributed by atoms with van der Waals surface area (Å²) in [5.74, 6) is -0.761. The van der Waals surface area contributed by atoms with Crippen LogP contribution in [0.1, 0.15) is 32.0 Å². The summed E-state index contributed by atoms with van der Waals surface area (Å²) < 4.78 is 4.95. The third kappa shape index (κ3) is 5.49. The van der Waals surface area contributed by atoms with Crippen molar-refractivity contribution in [2.45, 2.75) is 13.8 Å². The first-order chi connectivity index (χ1) is 12.0. The van der Waals surface area contributed by atoms with Gasteiger partial charge in [-0.15, -0.1) is 0 Å². The first-order valence-corrected chi connectivity index (χ1v) is 7.91. The number of aryl methyl sites for hydroxylation is 2. The number of rotatable bonds is 7. The van der Waals surface area contributed by atoms with Crippen LogP contribution in [0.2, 0.25) is 0 Å². The molecule has 0 aliphatic rings. The number of carbonyl (C=O) groups excluding carboxylic acids is 3. The molecule has 0 radical (unpaired) electrons. The van der Waals surface area contributed by atoms with Gasteiger partial charge in [0.25, 0.3) is 11.8 Å². The van der Waals surface area contributed by atoms with Crippen molar-refractivity contribution in [1.82, 2.24) is 16.0 Å². The van der Waals surface area contributed by atoms with E-state index < -0.39 is 0 Å². The van der Waals surface area contributed by atoms with E-state index in [2.05, 4.69) is 16.0 Å². The minimum atomic E-state index is -0.345. The van der Waals surface area contributed by atoms with Gasteiger partial charge in [0, 0.05) is 18.7 Å². The first-order valence-electron chi connectivity index (χ1n) is 7.91. The minimum Gasteiger partial charge on any atom is -0.459 e. The third-order valence-electron chi connectivity index (χ3n) is 3.66. The Morgan fingerprint density at radius 2 is 1.68 bits per heavy atom. The van der Waals surface area contributed by atoms with Crippen molar-refractivity contribution in [3.63, 3.8) is 0 Å². The molecule has 0 fully saturated rings. The summed E-state index contributed by atoms with van der Waals surface area (Å²) in [6.45, 7) is 4.28. The fraction of sp³-hybridized carbons (Fsp3) is 0.278. The maximum absolute atomic E-state index is 12.0. The maximum atomic E-state index is 12.0. The van der Waals surface area contributed by atoms with E-state index in [0.29, 0.717) is 5.56 Å². The van der Waals surface area contributed by atoms with Crippen molar-refractivity contribution in [3.05, 3.63) is 59.0 Å². The molecule has 25 heavy (non-hydrogen) atoms. The summed E-state index contributed by atoms with van der Waals surface area (Å²) in [7, 11) is 0. The van der Waals surface area contributed by atoms with E-state index in [1.165, 1.54) is 6.26 Å². The number of furan rings is 1. The predicted octanol–water partition coefficient (Wildman–Crippen LogP) is 1.17. The summed E-state index contributed by atoms with van der Waals surface area (Å²) in [4.78, 5) is 35.3. The molecule has 1 aromatic carbocycles. The van der Waals surface area contributed by atoms with Crippen molar-refractivity contribution < 1.29 is 18.8 Å². The highest BCUT2D eigenvalue weighted by molar-refractivity contribution is 5.96. The lowest BCUT2D eigenvalue weighted by Gasteiger charge is -2.08. The summed E-state index contributed by atoms with van der Waals surface area (Å²) in [5.41, 5.74) is 2.64. The Balaban J connectivity index is 1.65. The monoisotopic (exact) mass is 343 g/mol. The molecule has 3 N–H and O–H groups in total. The highest BCUT2D eigenvalue weighted by Crippen LogP contribution is 2.09. The molecule has 7 nitrogen and oxygen atoms in total. The van der Waals surface area contributed by atoms with Crippen LogP contribution in [-0.2, 0) is 4.79 Å². The Bertz CT molecular complexity index is 754. The molecule has 132 valence electrons. The molecule has 1 heterocycles. The van der Waals surface area contributed by atoms with Crippen LogP contribution in [0.5, 0.6) is 0 Å². The van der Waals surface area contributed by atoms with Gasteiger partial charge in [-0.05, 0) is 49.2 Å². The van der Waals surface area contributed by atoms with Gasteiger partial charge < -0.3 is 20.4 Å². The van der Waals surface area contributed by atoms with Crippen LogP contribution < -0.4 is 16.0 Å². The zero-order valence-electron chi connectivity index (χ0n) is 14.2. The number of hydrogen-bond acceptors (Lipinski definition) is 4. The van der Waals surface area contributed by atoms with E-state index in [-0.39, 0.29) is 43.1 Å². The lowest BCUT2D eigenvalue weighted by molar-refractivity contribution is -0.120. The Kier molecular flexibility index (Phi) is 6.33. The van der Waals surface area contributed by atoms with Crippen LogP contribution >= 0.6 is 0 Å². The van der Waals surface area contributed by atoms with Crippen LogP contribution in [0.3, 0.4) is 0 Å². The second-order valence-corrected chi connectivity index (χ2v) is 5.56. The second kappa shape index (κ2) is 8.68. The predicted molar refractivity (Wildman–Crippen MR) is 92.3 cm³/mol. The van der Waals surface area contributed by atoms with Crippen LogP contribution in [0.25, 0.3) is 0 Å². The molecule has 0 saturated heterocycles. The summed E-state index contributed by atoms with van der Waals surface area (Å²) in [6, 6.07) is 8.55. The summed E-state index contributed by atoms with van der Waals surface area (Å²) in [6.07, 6.45) is 1.41. The van der Waals surface area contributed by atoms with E-state index >= 15 is 0 Å². The Morgan fingerprint density at radius 1 is 0.920 bits per heavy atom. The molecule has 0 aliphatic carbocycles. The molecule has 2 aromatic rings. The number of carbonyl (C=O) groups is 3. The largest absolute Gasteiger partial charge is 0.459 e. The molecule has 0 spiro atoms. The van der Waals surface area contributed by atoms with Gasteiger partial charge in [-0.25, -0.2) is 0 Å². The van der Waals surface area contributed by atoms with E-state index in [4.69, 9.17) is 4.42 Å². The molecule has 1 aromatic heterocycles. The van der Waals surface area contributed by atoms with Gasteiger partial charge in [-0.2, -0.15) is 0 Å². The highest BCUT2D eigenvalue weighted by Gasteiger charge is 2.10. The number of nitrogens with one attached hydrogen (secondary N) is 3. The standard InChI is InChI=1S/C18H21N3O4/c1-12-5-6-14(10-13(12)2)17(23)21-11-16(22)19-7-8-20-18(24)15-4-3-9-25-15/h3-6,9-10H,7-8,11H2,1-2H3,(H,19,22)(H,20,24)(H,21,23). The molecular weight excluding hydrogens is 322 g/mol. The average Bonchev–Trinajstić information content (AvgIpc) is 3.13. The molecule has 2 rings (SSSR count). The van der Waals surface area contributed by atoms with E-state index in [1.54, 1.807) is 24.3 Å². The molecule has 0 aliphatic heterocycles. The Morgan fingerprint density at radius 3 is 2.36 bits per heavy atom. The second-order valence-electron chi connectivity index (χ2n) is 5.56. The molecule has 0 unspecified atom stereocenters. The smallest absolute Gasteiger partial charge is 0.287 e. The van der Waals surface area contributed by atoms with E-state index in [9.17, 15) is 14.4 Å². The van der Waals surface area contributed by atoms with Crippen LogP contribution in [-0.4, -0.2) is 37.4 Å². The topological polar surface area (TPSA) is 100 Å². The molecule has 0 atom stereocenters. The number of benzene rings is 1. The Labute approximate surface area is 145 Å². The zero-order valence-corrected chi connectivity index (χ0v) is 14.2. The van der Waals surface area contributed by atoms with E-state index in [0.717, 1.165) is 11.1 Å².